The van der Waals surface area contributed by atoms with E-state index < -0.39 is 0 Å². The molecule has 6 heteroatoms. The molecule has 1 atom stereocenters. The fraction of sp³-hybridized carbons (Fsp3) is 0.250. The molecule has 3 heterocycles. The Labute approximate surface area is 129 Å². The molecule has 0 saturated heterocycles. The first-order chi connectivity index (χ1) is 10.8. The summed E-state index contributed by atoms with van der Waals surface area (Å²) >= 11 is 0. The highest BCUT2D eigenvalue weighted by Gasteiger charge is 2.14. The van der Waals surface area contributed by atoms with Crippen molar-refractivity contribution in [1.29, 1.82) is 0 Å². The van der Waals surface area contributed by atoms with Gasteiger partial charge in [0.25, 0.3) is 0 Å². The van der Waals surface area contributed by atoms with Crippen molar-refractivity contribution in [3.63, 3.8) is 0 Å². The number of imidazole rings is 1. The van der Waals surface area contributed by atoms with Crippen molar-refractivity contribution < 1.29 is 0 Å². The van der Waals surface area contributed by atoms with Gasteiger partial charge in [-0.15, -0.1) is 0 Å². The minimum Gasteiger partial charge on any atom is -0.344 e. The maximum atomic E-state index is 4.56. The van der Waals surface area contributed by atoms with Crippen LogP contribution in [0.15, 0.2) is 43.0 Å². The third kappa shape index (κ3) is 3.11. The zero-order valence-corrected chi connectivity index (χ0v) is 12.6. The minimum atomic E-state index is 0.0536. The van der Waals surface area contributed by atoms with E-state index in [2.05, 4.69) is 37.2 Å². The predicted octanol–water partition coefficient (Wildman–Crippen LogP) is 3.13. The molecule has 3 rings (SSSR count). The van der Waals surface area contributed by atoms with Crippen molar-refractivity contribution in [3.8, 4) is 11.3 Å². The molecule has 0 aliphatic carbocycles. The highest BCUT2D eigenvalue weighted by molar-refractivity contribution is 5.58. The first-order valence-electron chi connectivity index (χ1n) is 7.27. The van der Waals surface area contributed by atoms with E-state index in [-0.39, 0.29) is 6.04 Å². The van der Waals surface area contributed by atoms with E-state index in [1.807, 2.05) is 31.3 Å². The summed E-state index contributed by atoms with van der Waals surface area (Å²) in [5.74, 6) is 1.48. The van der Waals surface area contributed by atoms with Gasteiger partial charge in [0.05, 0.1) is 11.7 Å². The number of nitrogens with one attached hydrogen (secondary N) is 2. The Bertz CT molecular complexity index is 737. The van der Waals surface area contributed by atoms with E-state index in [1.54, 1.807) is 18.6 Å². The normalized spacial score (nSPS) is 12.1. The summed E-state index contributed by atoms with van der Waals surface area (Å²) in [4.78, 5) is 20.6. The summed E-state index contributed by atoms with van der Waals surface area (Å²) in [7, 11) is 0. The zero-order chi connectivity index (χ0) is 15.4. The van der Waals surface area contributed by atoms with Crippen molar-refractivity contribution >= 4 is 5.95 Å². The number of pyridine rings is 1. The fourth-order valence-electron chi connectivity index (χ4n) is 2.23. The Hall–Kier alpha value is -2.76. The van der Waals surface area contributed by atoms with Crippen LogP contribution in [-0.4, -0.2) is 24.9 Å². The number of hydrogen-bond donors (Lipinski definition) is 2. The highest BCUT2D eigenvalue weighted by Crippen LogP contribution is 2.20. The smallest absolute Gasteiger partial charge is 0.223 e. The van der Waals surface area contributed by atoms with Crippen molar-refractivity contribution in [2.24, 2.45) is 0 Å². The number of aromatic amines is 1. The third-order valence-electron chi connectivity index (χ3n) is 3.38. The Morgan fingerprint density at radius 1 is 1.18 bits per heavy atom. The lowest BCUT2D eigenvalue weighted by molar-refractivity contribution is 0.694. The van der Waals surface area contributed by atoms with Crippen molar-refractivity contribution in [1.82, 2.24) is 24.9 Å². The van der Waals surface area contributed by atoms with E-state index in [4.69, 9.17) is 0 Å². The molecule has 3 aromatic heterocycles. The second kappa shape index (κ2) is 6.34. The van der Waals surface area contributed by atoms with Crippen molar-refractivity contribution in [3.05, 3.63) is 54.5 Å². The molecule has 3 aromatic rings. The molecule has 0 aliphatic rings. The van der Waals surface area contributed by atoms with Crippen LogP contribution in [0.3, 0.4) is 0 Å². The second-order valence-electron chi connectivity index (χ2n) is 5.06. The van der Waals surface area contributed by atoms with Crippen LogP contribution >= 0.6 is 0 Å². The number of anilines is 1. The molecule has 0 fully saturated rings. The van der Waals surface area contributed by atoms with Gasteiger partial charge in [0.1, 0.15) is 5.82 Å². The molecule has 0 aromatic carbocycles. The first-order valence-corrected chi connectivity index (χ1v) is 7.27. The molecule has 6 nitrogen and oxygen atoms in total. The molecule has 0 bridgehead atoms. The predicted molar refractivity (Wildman–Crippen MR) is 85.2 cm³/mol. The lowest BCUT2D eigenvalue weighted by Crippen LogP contribution is -2.13. The van der Waals surface area contributed by atoms with E-state index >= 15 is 0 Å². The molecule has 0 spiro atoms. The summed E-state index contributed by atoms with van der Waals surface area (Å²) in [6, 6.07) is 5.80. The van der Waals surface area contributed by atoms with Gasteiger partial charge in [-0.05, 0) is 31.5 Å². The summed E-state index contributed by atoms with van der Waals surface area (Å²) in [6.45, 7) is 4.09. The largest absolute Gasteiger partial charge is 0.344 e. The van der Waals surface area contributed by atoms with Gasteiger partial charge in [0.15, 0.2) is 0 Å². The van der Waals surface area contributed by atoms with Crippen LogP contribution in [0.25, 0.3) is 11.3 Å². The van der Waals surface area contributed by atoms with Gasteiger partial charge in [0, 0.05) is 36.0 Å². The summed E-state index contributed by atoms with van der Waals surface area (Å²) < 4.78 is 0. The Morgan fingerprint density at radius 2 is 2.09 bits per heavy atom. The molecule has 0 radical (unpaired) electrons. The number of aromatic nitrogens is 5. The van der Waals surface area contributed by atoms with Crippen LogP contribution in [0.5, 0.6) is 0 Å². The lowest BCUT2D eigenvalue weighted by atomic mass is 10.2. The quantitative estimate of drug-likeness (QED) is 0.755. The molecule has 0 unspecified atom stereocenters. The number of nitrogens with zero attached hydrogens (tertiary/aromatic N) is 4. The molecule has 22 heavy (non-hydrogen) atoms. The number of aryl methyl sites for hydroxylation is 1. The van der Waals surface area contributed by atoms with Crippen LogP contribution in [0.1, 0.15) is 30.9 Å². The zero-order valence-electron chi connectivity index (χ0n) is 12.6. The SMILES string of the molecule is CC[C@H](Nc1nccc(-c2cccnc2)n1)c1ncc(C)[nH]1. The minimum absolute atomic E-state index is 0.0536. The van der Waals surface area contributed by atoms with Gasteiger partial charge in [0.2, 0.25) is 5.95 Å². The highest BCUT2D eigenvalue weighted by atomic mass is 15.1. The van der Waals surface area contributed by atoms with Gasteiger partial charge in [-0.25, -0.2) is 15.0 Å². The van der Waals surface area contributed by atoms with Crippen molar-refractivity contribution in [2.75, 3.05) is 5.32 Å². The second-order valence-corrected chi connectivity index (χ2v) is 5.06. The van der Waals surface area contributed by atoms with Gasteiger partial charge in [-0.3, -0.25) is 4.98 Å². The maximum absolute atomic E-state index is 4.56. The molecular formula is C16H18N6. The molecule has 0 aliphatic heterocycles. The third-order valence-corrected chi connectivity index (χ3v) is 3.38. The van der Waals surface area contributed by atoms with Crippen molar-refractivity contribution in [2.45, 2.75) is 26.3 Å². The molecule has 2 N–H and O–H groups in total. The van der Waals surface area contributed by atoms with Gasteiger partial charge in [-0.1, -0.05) is 6.92 Å². The Kier molecular flexibility index (Phi) is 4.09. The molecule has 0 amide bonds. The maximum Gasteiger partial charge on any atom is 0.223 e. The number of H-pyrrole nitrogens is 1. The number of hydrogen-bond acceptors (Lipinski definition) is 5. The first kappa shape index (κ1) is 14.2. The topological polar surface area (TPSA) is 79.4 Å². The van der Waals surface area contributed by atoms with E-state index in [1.165, 1.54) is 0 Å². The van der Waals surface area contributed by atoms with E-state index in [0.29, 0.717) is 5.95 Å². The van der Waals surface area contributed by atoms with Crippen LogP contribution in [0.4, 0.5) is 5.95 Å². The van der Waals surface area contributed by atoms with Crippen LogP contribution in [0.2, 0.25) is 0 Å². The molecular weight excluding hydrogens is 276 g/mol. The van der Waals surface area contributed by atoms with E-state index in [0.717, 1.165) is 29.2 Å². The summed E-state index contributed by atoms with van der Waals surface area (Å²) in [6.07, 6.45) is 7.99. The van der Waals surface area contributed by atoms with Crippen LogP contribution < -0.4 is 5.32 Å². The average molecular weight is 294 g/mol. The average Bonchev–Trinajstić information content (AvgIpc) is 3.00. The Balaban J connectivity index is 1.83. The summed E-state index contributed by atoms with van der Waals surface area (Å²) in [5.41, 5.74) is 2.85. The molecule has 0 saturated carbocycles. The standard InChI is InChI=1S/C16H18N6/c1-3-13(15-19-9-11(2)20-15)21-16-18-8-6-14(22-16)12-5-4-7-17-10-12/h4-10,13H,3H2,1-2H3,(H,19,20)(H,18,21,22)/t13-/m0/s1. The Morgan fingerprint density at radius 3 is 2.77 bits per heavy atom. The van der Waals surface area contributed by atoms with Crippen LogP contribution in [0, 0.1) is 6.92 Å². The number of rotatable bonds is 5. The summed E-state index contributed by atoms with van der Waals surface area (Å²) in [5, 5.41) is 3.33. The van der Waals surface area contributed by atoms with Gasteiger partial charge in [-0.2, -0.15) is 0 Å². The lowest BCUT2D eigenvalue weighted by Gasteiger charge is -2.15. The van der Waals surface area contributed by atoms with Gasteiger partial charge >= 0.3 is 0 Å². The van der Waals surface area contributed by atoms with Gasteiger partial charge < -0.3 is 10.3 Å². The molecule has 112 valence electrons. The monoisotopic (exact) mass is 294 g/mol. The van der Waals surface area contributed by atoms with Crippen LogP contribution in [-0.2, 0) is 0 Å². The fourth-order valence-corrected chi connectivity index (χ4v) is 2.23. The van der Waals surface area contributed by atoms with E-state index in [9.17, 15) is 0 Å².